The first kappa shape index (κ1) is 31.0. The molecule has 1 fully saturated rings. The second kappa shape index (κ2) is 14.7. The molecule has 3 rings (SSSR count). The summed E-state index contributed by atoms with van der Waals surface area (Å²) in [7, 11) is -0.284. The van der Waals surface area contributed by atoms with Crippen LogP contribution in [-0.2, 0) is 20.5 Å². The van der Waals surface area contributed by atoms with Gasteiger partial charge >= 0.3 is 0 Å². The third kappa shape index (κ3) is 9.87. The molecule has 0 unspecified atom stereocenters. The van der Waals surface area contributed by atoms with Gasteiger partial charge in [-0.25, -0.2) is 0 Å². The highest BCUT2D eigenvalue weighted by atomic mass is 32.2. The van der Waals surface area contributed by atoms with Crippen LogP contribution < -0.4 is 4.74 Å². The van der Waals surface area contributed by atoms with Gasteiger partial charge in [0, 0.05) is 10.6 Å². The molecule has 210 valence electrons. The quantitative estimate of drug-likeness (QED) is 0.132. The van der Waals surface area contributed by atoms with Gasteiger partial charge in [0.05, 0.1) is 38.6 Å². The molecule has 0 aliphatic carbocycles. The predicted molar refractivity (Wildman–Crippen MR) is 163 cm³/mol. The van der Waals surface area contributed by atoms with Gasteiger partial charge in [-0.15, -0.1) is 11.8 Å². The fourth-order valence-corrected chi connectivity index (χ4v) is 6.48. The lowest BCUT2D eigenvalue weighted by Gasteiger charge is -2.40. The molecule has 0 radical (unpaired) electrons. The second-order valence-corrected chi connectivity index (χ2v) is 17.8. The number of rotatable bonds is 14. The van der Waals surface area contributed by atoms with E-state index in [-0.39, 0.29) is 23.4 Å². The molecule has 0 spiro atoms. The molecule has 6 heteroatoms. The Hall–Kier alpha value is -1.57. The first-order valence-corrected chi connectivity index (χ1v) is 17.9. The zero-order valence-corrected chi connectivity index (χ0v) is 26.3. The lowest BCUT2D eigenvalue weighted by molar-refractivity contribution is -0.0638. The summed E-state index contributed by atoms with van der Waals surface area (Å²) in [6.07, 6.45) is 7.96. The number of ether oxygens (including phenoxy) is 3. The summed E-state index contributed by atoms with van der Waals surface area (Å²) < 4.78 is 24.9. The molecule has 0 saturated carbocycles. The Morgan fingerprint density at radius 1 is 1.05 bits per heavy atom. The van der Waals surface area contributed by atoms with E-state index in [1.165, 1.54) is 4.90 Å². The van der Waals surface area contributed by atoms with Crippen molar-refractivity contribution in [2.75, 3.05) is 19.5 Å². The van der Waals surface area contributed by atoms with Crippen molar-refractivity contribution in [3.8, 4) is 5.75 Å². The Labute approximate surface area is 236 Å². The van der Waals surface area contributed by atoms with E-state index in [1.54, 1.807) is 7.11 Å². The van der Waals surface area contributed by atoms with E-state index >= 15 is 0 Å². The second-order valence-electron chi connectivity index (χ2n) is 11.9. The van der Waals surface area contributed by atoms with Crippen LogP contribution in [-0.4, -0.2) is 46.1 Å². The van der Waals surface area contributed by atoms with Crippen molar-refractivity contribution < 1.29 is 18.6 Å². The first-order valence-electron chi connectivity index (χ1n) is 14.0. The van der Waals surface area contributed by atoms with Crippen LogP contribution in [0.3, 0.4) is 0 Å². The Bertz CT molecular complexity index is 971. The summed E-state index contributed by atoms with van der Waals surface area (Å²) in [5, 5.41) is 0.135. The van der Waals surface area contributed by atoms with Crippen LogP contribution in [0.15, 0.2) is 71.6 Å². The van der Waals surface area contributed by atoms with E-state index in [0.717, 1.165) is 36.3 Å². The number of allylic oxidation sites excluding steroid dienone is 1. The number of methoxy groups -OCH3 is 1. The lowest BCUT2D eigenvalue weighted by atomic mass is 10.1. The van der Waals surface area contributed by atoms with Gasteiger partial charge in [-0.05, 0) is 73.1 Å². The topological polar surface area (TPSA) is 36.9 Å². The van der Waals surface area contributed by atoms with E-state index < -0.39 is 8.32 Å². The summed E-state index contributed by atoms with van der Waals surface area (Å²) in [6.45, 7) is 14.9. The van der Waals surface area contributed by atoms with Gasteiger partial charge in [-0.2, -0.15) is 0 Å². The van der Waals surface area contributed by atoms with Gasteiger partial charge in [0.25, 0.3) is 0 Å². The van der Waals surface area contributed by atoms with Crippen molar-refractivity contribution >= 4 is 20.1 Å². The predicted octanol–water partition coefficient (Wildman–Crippen LogP) is 8.52. The minimum Gasteiger partial charge on any atom is -0.497 e. The van der Waals surface area contributed by atoms with Gasteiger partial charge < -0.3 is 18.6 Å². The van der Waals surface area contributed by atoms with Gasteiger partial charge in [-0.3, -0.25) is 0 Å². The Morgan fingerprint density at radius 2 is 1.76 bits per heavy atom. The number of hydrogen-bond acceptors (Lipinski definition) is 5. The van der Waals surface area contributed by atoms with Crippen LogP contribution >= 0.6 is 11.8 Å². The Balaban J connectivity index is 1.51. The maximum Gasteiger partial charge on any atom is 0.192 e. The Morgan fingerprint density at radius 3 is 2.42 bits per heavy atom. The molecule has 1 aliphatic heterocycles. The van der Waals surface area contributed by atoms with E-state index in [9.17, 15) is 0 Å². The van der Waals surface area contributed by atoms with Crippen molar-refractivity contribution in [2.45, 2.75) is 94.9 Å². The lowest BCUT2D eigenvalue weighted by Crippen LogP contribution is -2.48. The molecule has 38 heavy (non-hydrogen) atoms. The van der Waals surface area contributed by atoms with Crippen LogP contribution in [0.5, 0.6) is 5.75 Å². The van der Waals surface area contributed by atoms with E-state index in [4.69, 9.17) is 18.6 Å². The average molecular weight is 557 g/mol. The van der Waals surface area contributed by atoms with Crippen molar-refractivity contribution in [1.29, 1.82) is 0 Å². The fraction of sp³-hybridized carbons (Fsp3) is 0.562. The third-order valence-corrected chi connectivity index (χ3v) is 13.4. The molecule has 4 nitrogen and oxygen atoms in total. The molecular formula is C32H48O4SSi. The maximum absolute atomic E-state index is 6.87. The fourth-order valence-electron chi connectivity index (χ4n) is 4.23. The molecular weight excluding hydrogens is 509 g/mol. The minimum atomic E-state index is -1.97. The Kier molecular flexibility index (Phi) is 12.0. The summed E-state index contributed by atoms with van der Waals surface area (Å²) >= 11 is 1.92. The zero-order chi connectivity index (χ0) is 27.6. The number of benzene rings is 2. The SMILES string of the molecule is COc1ccc(COC[C@@H](O[Si](C)(C)C(C)(C)C)[C@H]2CC[C@H](C/C=C\[C@H](C)CSc3ccccc3)O2)cc1. The van der Waals surface area contributed by atoms with Crippen LogP contribution in [0.1, 0.15) is 52.5 Å². The molecule has 0 bridgehead atoms. The molecule has 0 aromatic heterocycles. The molecule has 2 aromatic rings. The highest BCUT2D eigenvalue weighted by Gasteiger charge is 2.42. The monoisotopic (exact) mass is 556 g/mol. The minimum absolute atomic E-state index is 0.0516. The highest BCUT2D eigenvalue weighted by Crippen LogP contribution is 2.39. The summed E-state index contributed by atoms with van der Waals surface area (Å²) in [4.78, 5) is 1.33. The van der Waals surface area contributed by atoms with Crippen molar-refractivity contribution in [3.63, 3.8) is 0 Å². The van der Waals surface area contributed by atoms with Gasteiger partial charge in [0.1, 0.15) is 5.75 Å². The van der Waals surface area contributed by atoms with Crippen LogP contribution in [0.2, 0.25) is 18.1 Å². The van der Waals surface area contributed by atoms with Crippen LogP contribution in [0.25, 0.3) is 0 Å². The molecule has 4 atom stereocenters. The van der Waals surface area contributed by atoms with Crippen molar-refractivity contribution in [2.24, 2.45) is 5.92 Å². The van der Waals surface area contributed by atoms with Crippen LogP contribution in [0.4, 0.5) is 0 Å². The standard InChI is InChI=1S/C32H48O4SSi/c1-25(24-37-29-14-9-8-10-15-29)12-11-13-28-20-21-30(35-28)31(36-38(6,7)32(2,3)4)23-34-22-26-16-18-27(33-5)19-17-26/h8-12,14-19,25,28,30-31H,13,20-24H2,1-7H3/b12-11-/t25-,28-,30+,31+/m0/s1. The van der Waals surface area contributed by atoms with Crippen molar-refractivity contribution in [3.05, 3.63) is 72.3 Å². The molecule has 1 aliphatic rings. The van der Waals surface area contributed by atoms with Gasteiger partial charge in [0.2, 0.25) is 0 Å². The normalized spacial score (nSPS) is 20.1. The first-order chi connectivity index (χ1) is 18.1. The van der Waals surface area contributed by atoms with Crippen molar-refractivity contribution in [1.82, 2.24) is 0 Å². The molecule has 2 aromatic carbocycles. The van der Waals surface area contributed by atoms with Crippen LogP contribution in [0, 0.1) is 5.92 Å². The molecule has 1 heterocycles. The zero-order valence-electron chi connectivity index (χ0n) is 24.4. The summed E-state index contributed by atoms with van der Waals surface area (Å²) in [6, 6.07) is 18.7. The molecule has 1 saturated heterocycles. The third-order valence-electron chi connectivity index (χ3n) is 7.64. The maximum atomic E-state index is 6.87. The number of hydrogen-bond donors (Lipinski definition) is 0. The number of thioether (sulfide) groups is 1. The van der Waals surface area contributed by atoms with E-state index in [2.05, 4.69) is 95.4 Å². The smallest absolute Gasteiger partial charge is 0.192 e. The molecule has 0 amide bonds. The largest absolute Gasteiger partial charge is 0.497 e. The average Bonchev–Trinajstić information content (AvgIpc) is 3.36. The van der Waals surface area contributed by atoms with Gasteiger partial charge in [0.15, 0.2) is 8.32 Å². The summed E-state index contributed by atoms with van der Waals surface area (Å²) in [5.74, 6) is 2.47. The van der Waals surface area contributed by atoms with E-state index in [0.29, 0.717) is 19.1 Å². The highest BCUT2D eigenvalue weighted by molar-refractivity contribution is 7.99. The van der Waals surface area contributed by atoms with Gasteiger partial charge in [-0.1, -0.05) is 70.2 Å². The molecule has 0 N–H and O–H groups in total. The van der Waals surface area contributed by atoms with E-state index in [1.807, 2.05) is 23.9 Å². The summed E-state index contributed by atoms with van der Waals surface area (Å²) in [5.41, 5.74) is 1.13.